The Morgan fingerprint density at radius 3 is 1.47 bits per heavy atom. The van der Waals surface area contributed by atoms with Gasteiger partial charge in [0.05, 0.1) is 22.1 Å². The van der Waals surface area contributed by atoms with E-state index >= 15 is 0 Å². The molecular weight excluding hydrogens is 392 g/mol. The van der Waals surface area contributed by atoms with Crippen LogP contribution in [0.3, 0.4) is 0 Å². The fourth-order valence-electron chi connectivity index (χ4n) is 4.34. The Morgan fingerprint density at radius 2 is 1.03 bits per heavy atom. The zero-order valence-corrected chi connectivity index (χ0v) is 18.9. The van der Waals surface area contributed by atoms with Gasteiger partial charge in [0.2, 0.25) is 0 Å². The number of nitrogens with zero attached hydrogens (tertiary/aromatic N) is 2. The van der Waals surface area contributed by atoms with Crippen molar-refractivity contribution in [2.75, 3.05) is 13.1 Å². The number of rotatable bonds is 8. The Morgan fingerprint density at radius 1 is 0.562 bits per heavy atom. The highest BCUT2D eigenvalue weighted by atomic mass is 14.8. The Bertz CT molecular complexity index is 1300. The van der Waals surface area contributed by atoms with Crippen molar-refractivity contribution in [2.45, 2.75) is 39.8 Å². The maximum absolute atomic E-state index is 5.02. The zero-order valence-electron chi connectivity index (χ0n) is 18.9. The van der Waals surface area contributed by atoms with E-state index < -0.39 is 0 Å². The summed E-state index contributed by atoms with van der Waals surface area (Å²) in [5.41, 5.74) is 6.57. The van der Waals surface area contributed by atoms with E-state index in [1.807, 2.05) is 0 Å². The van der Waals surface area contributed by atoms with E-state index in [4.69, 9.17) is 9.97 Å². The summed E-state index contributed by atoms with van der Waals surface area (Å²) >= 11 is 0. The van der Waals surface area contributed by atoms with Crippen molar-refractivity contribution in [3.63, 3.8) is 0 Å². The molecule has 0 unspecified atom stereocenters. The summed E-state index contributed by atoms with van der Waals surface area (Å²) in [6.45, 7) is 8.24. The Hall–Kier alpha value is -3.08. The second-order valence-electron chi connectivity index (χ2n) is 8.59. The predicted octanol–water partition coefficient (Wildman–Crippen LogP) is 6.09. The number of hydrogen-bond donors (Lipinski definition) is 2. The predicted molar refractivity (Wildman–Crippen MR) is 136 cm³/mol. The molecule has 2 aromatic heterocycles. The van der Waals surface area contributed by atoms with Crippen LogP contribution in [0.4, 0.5) is 0 Å². The molecule has 162 valence electrons. The highest BCUT2D eigenvalue weighted by Crippen LogP contribution is 2.29. The van der Waals surface area contributed by atoms with Gasteiger partial charge in [0.15, 0.2) is 0 Å². The van der Waals surface area contributed by atoms with E-state index in [9.17, 15) is 0 Å². The first-order valence-electron chi connectivity index (χ1n) is 11.7. The molecule has 0 aliphatic rings. The molecule has 4 heteroatoms. The highest BCUT2D eigenvalue weighted by Gasteiger charge is 2.09. The van der Waals surface area contributed by atoms with E-state index in [-0.39, 0.29) is 0 Å². The maximum atomic E-state index is 5.02. The Balaban J connectivity index is 1.56. The largest absolute Gasteiger partial charge is 0.313 e. The number of fused-ring (bicyclic) bond motifs is 5. The SMILES string of the molecule is CCCNCc1ccc2nc3c(ccc4cc5cc(CNCCC)ccc5nc43)cc2c1. The molecule has 0 aliphatic heterocycles. The lowest BCUT2D eigenvalue weighted by molar-refractivity contribution is 0.676. The third-order valence-electron chi connectivity index (χ3n) is 6.00. The minimum Gasteiger partial charge on any atom is -0.313 e. The second kappa shape index (κ2) is 9.19. The summed E-state index contributed by atoms with van der Waals surface area (Å²) in [7, 11) is 0. The van der Waals surface area contributed by atoms with E-state index in [1.165, 1.54) is 21.9 Å². The summed E-state index contributed by atoms with van der Waals surface area (Å²) in [4.78, 5) is 10.0. The molecule has 0 bridgehead atoms. The normalized spacial score (nSPS) is 11.8. The van der Waals surface area contributed by atoms with Gasteiger partial charge in [0.1, 0.15) is 0 Å². The van der Waals surface area contributed by atoms with Crippen molar-refractivity contribution in [3.05, 3.63) is 71.8 Å². The van der Waals surface area contributed by atoms with Crippen molar-refractivity contribution in [1.29, 1.82) is 0 Å². The third kappa shape index (κ3) is 4.16. The molecule has 0 saturated heterocycles. The minimum absolute atomic E-state index is 0.892. The van der Waals surface area contributed by atoms with E-state index in [0.717, 1.165) is 71.9 Å². The molecule has 4 nitrogen and oxygen atoms in total. The fourth-order valence-corrected chi connectivity index (χ4v) is 4.34. The molecule has 5 aromatic rings. The monoisotopic (exact) mass is 422 g/mol. The molecule has 5 rings (SSSR count). The van der Waals surface area contributed by atoms with Crippen molar-refractivity contribution in [3.8, 4) is 0 Å². The molecule has 2 heterocycles. The molecule has 0 aliphatic carbocycles. The van der Waals surface area contributed by atoms with Gasteiger partial charge < -0.3 is 10.6 Å². The van der Waals surface area contributed by atoms with Crippen LogP contribution in [0.5, 0.6) is 0 Å². The van der Waals surface area contributed by atoms with Crippen molar-refractivity contribution in [2.24, 2.45) is 0 Å². The van der Waals surface area contributed by atoms with Crippen LogP contribution in [0, 0.1) is 0 Å². The smallest absolute Gasteiger partial charge is 0.0972 e. The third-order valence-corrected chi connectivity index (χ3v) is 6.00. The maximum Gasteiger partial charge on any atom is 0.0972 e. The lowest BCUT2D eigenvalue weighted by Crippen LogP contribution is -2.13. The van der Waals surface area contributed by atoms with Crippen LogP contribution in [0.25, 0.3) is 43.6 Å². The Kier molecular flexibility index (Phi) is 5.97. The van der Waals surface area contributed by atoms with Gasteiger partial charge in [-0.1, -0.05) is 38.1 Å². The lowest BCUT2D eigenvalue weighted by atomic mass is 10.0. The average Bonchev–Trinajstić information content (AvgIpc) is 2.82. The number of aromatic nitrogens is 2. The van der Waals surface area contributed by atoms with E-state index in [0.29, 0.717) is 0 Å². The number of pyridine rings is 2. The zero-order chi connectivity index (χ0) is 21.9. The summed E-state index contributed by atoms with van der Waals surface area (Å²) in [5.74, 6) is 0. The van der Waals surface area contributed by atoms with Gasteiger partial charge in [-0.15, -0.1) is 0 Å². The summed E-state index contributed by atoms with van der Waals surface area (Å²) in [5, 5.41) is 11.6. The summed E-state index contributed by atoms with van der Waals surface area (Å²) in [6, 6.07) is 21.9. The molecule has 0 fully saturated rings. The molecular formula is C28H30N4. The molecule has 2 N–H and O–H groups in total. The van der Waals surface area contributed by atoms with Crippen molar-refractivity contribution >= 4 is 43.6 Å². The molecule has 32 heavy (non-hydrogen) atoms. The first-order chi connectivity index (χ1) is 15.7. The summed E-state index contributed by atoms with van der Waals surface area (Å²) in [6.07, 6.45) is 2.29. The summed E-state index contributed by atoms with van der Waals surface area (Å²) < 4.78 is 0. The highest BCUT2D eigenvalue weighted by molar-refractivity contribution is 6.09. The van der Waals surface area contributed by atoms with Gasteiger partial charge in [0.25, 0.3) is 0 Å². The number of nitrogens with one attached hydrogen (secondary N) is 2. The van der Waals surface area contributed by atoms with Gasteiger partial charge in [-0.3, -0.25) is 0 Å². The van der Waals surface area contributed by atoms with Crippen LogP contribution in [-0.2, 0) is 13.1 Å². The Labute approximate surface area is 189 Å². The molecule has 0 amide bonds. The number of benzene rings is 3. The lowest BCUT2D eigenvalue weighted by Gasteiger charge is -2.09. The molecule has 0 saturated carbocycles. The first kappa shape index (κ1) is 20.8. The molecule has 0 radical (unpaired) electrons. The van der Waals surface area contributed by atoms with Gasteiger partial charge in [0, 0.05) is 34.6 Å². The average molecular weight is 423 g/mol. The van der Waals surface area contributed by atoms with Gasteiger partial charge in [-0.05, 0) is 73.5 Å². The second-order valence-corrected chi connectivity index (χ2v) is 8.59. The van der Waals surface area contributed by atoms with Crippen molar-refractivity contribution in [1.82, 2.24) is 20.6 Å². The van der Waals surface area contributed by atoms with Gasteiger partial charge >= 0.3 is 0 Å². The van der Waals surface area contributed by atoms with Crippen molar-refractivity contribution < 1.29 is 0 Å². The van der Waals surface area contributed by atoms with Gasteiger partial charge in [-0.25, -0.2) is 9.97 Å². The van der Waals surface area contributed by atoms with Crippen LogP contribution in [0.15, 0.2) is 60.7 Å². The topological polar surface area (TPSA) is 49.8 Å². The van der Waals surface area contributed by atoms with Crippen LogP contribution in [0.2, 0.25) is 0 Å². The van der Waals surface area contributed by atoms with Crippen LogP contribution in [0.1, 0.15) is 37.8 Å². The van der Waals surface area contributed by atoms with Gasteiger partial charge in [-0.2, -0.15) is 0 Å². The minimum atomic E-state index is 0.892. The molecule has 0 spiro atoms. The molecule has 3 aromatic carbocycles. The van der Waals surface area contributed by atoms with Crippen LogP contribution < -0.4 is 10.6 Å². The van der Waals surface area contributed by atoms with E-state index in [2.05, 4.69) is 85.1 Å². The standard InChI is InChI=1S/C28H30N4/c1-3-11-29-17-19-5-9-25-23(13-19)15-21-7-8-22-16-24-14-20(18-30-12-4-2)6-10-26(24)32-28(22)27(21)31-25/h5-10,13-16,29-30H,3-4,11-12,17-18H2,1-2H3. The quantitative estimate of drug-likeness (QED) is 0.180. The number of hydrogen-bond acceptors (Lipinski definition) is 4. The van der Waals surface area contributed by atoms with E-state index in [1.54, 1.807) is 0 Å². The fraction of sp³-hybridized carbons (Fsp3) is 0.286. The molecule has 0 atom stereocenters. The van der Waals surface area contributed by atoms with Crippen LogP contribution >= 0.6 is 0 Å². The first-order valence-corrected chi connectivity index (χ1v) is 11.7. The van der Waals surface area contributed by atoms with Crippen LogP contribution in [-0.4, -0.2) is 23.1 Å².